The van der Waals surface area contributed by atoms with E-state index < -0.39 is 0 Å². The highest BCUT2D eigenvalue weighted by Crippen LogP contribution is 2.28. The molecule has 0 aliphatic heterocycles. The molecule has 0 aliphatic carbocycles. The lowest BCUT2D eigenvalue weighted by Gasteiger charge is -2.28. The van der Waals surface area contributed by atoms with Gasteiger partial charge in [-0.05, 0) is 25.0 Å². The van der Waals surface area contributed by atoms with E-state index in [2.05, 4.69) is 31.7 Å². The fourth-order valence-corrected chi connectivity index (χ4v) is 2.20. The number of hydrogen-bond acceptors (Lipinski definition) is 3. The molecule has 0 saturated heterocycles. The first-order valence-corrected chi connectivity index (χ1v) is 6.84. The highest BCUT2D eigenvalue weighted by Gasteiger charge is 2.13. The molecule has 3 nitrogen and oxygen atoms in total. The molecule has 102 valence electrons. The van der Waals surface area contributed by atoms with Crippen LogP contribution >= 0.6 is 0 Å². The number of rotatable bonds is 7. The van der Waals surface area contributed by atoms with Crippen molar-refractivity contribution in [2.45, 2.75) is 33.6 Å². The summed E-state index contributed by atoms with van der Waals surface area (Å²) in [6.07, 6.45) is 2.42. The van der Waals surface area contributed by atoms with Crippen molar-refractivity contribution in [2.75, 3.05) is 30.8 Å². The van der Waals surface area contributed by atoms with Crippen LogP contribution in [-0.4, -0.2) is 20.2 Å². The van der Waals surface area contributed by atoms with Gasteiger partial charge in [0, 0.05) is 19.2 Å². The van der Waals surface area contributed by atoms with E-state index in [9.17, 15) is 0 Å². The first-order valence-electron chi connectivity index (χ1n) is 6.84. The number of ether oxygens (including phenoxy) is 1. The Morgan fingerprint density at radius 1 is 1.22 bits per heavy atom. The SMILES string of the molecule is CCC(CC)CN(CC)c1ccc(OC)cc1N. The van der Waals surface area contributed by atoms with Crippen molar-refractivity contribution in [2.24, 2.45) is 5.92 Å². The van der Waals surface area contributed by atoms with Crippen LogP contribution in [0.15, 0.2) is 18.2 Å². The van der Waals surface area contributed by atoms with Crippen LogP contribution in [0.4, 0.5) is 11.4 Å². The lowest BCUT2D eigenvalue weighted by Crippen LogP contribution is -2.29. The molecule has 3 heteroatoms. The molecule has 0 aliphatic rings. The number of nitrogens with two attached hydrogens (primary N) is 1. The van der Waals surface area contributed by atoms with E-state index in [4.69, 9.17) is 10.5 Å². The maximum absolute atomic E-state index is 6.11. The summed E-state index contributed by atoms with van der Waals surface area (Å²) in [5, 5.41) is 0. The summed E-state index contributed by atoms with van der Waals surface area (Å²) in [5.74, 6) is 1.54. The van der Waals surface area contributed by atoms with E-state index in [-0.39, 0.29) is 0 Å². The normalized spacial score (nSPS) is 10.7. The smallest absolute Gasteiger partial charge is 0.121 e. The molecule has 2 N–H and O–H groups in total. The summed E-state index contributed by atoms with van der Waals surface area (Å²) in [4.78, 5) is 2.35. The van der Waals surface area contributed by atoms with E-state index in [0.29, 0.717) is 0 Å². The predicted molar refractivity (Wildman–Crippen MR) is 79.4 cm³/mol. The number of hydrogen-bond donors (Lipinski definition) is 1. The number of anilines is 2. The molecular weight excluding hydrogens is 224 g/mol. The summed E-state index contributed by atoms with van der Waals surface area (Å²) >= 11 is 0. The minimum absolute atomic E-state index is 0.728. The molecule has 1 aromatic carbocycles. The van der Waals surface area contributed by atoms with Gasteiger partial charge < -0.3 is 15.4 Å². The number of benzene rings is 1. The standard InChI is InChI=1S/C15H26N2O/c1-5-12(6-2)11-17(7-3)15-9-8-13(18-4)10-14(15)16/h8-10,12H,5-7,11,16H2,1-4H3. The second-order valence-electron chi connectivity index (χ2n) is 4.65. The largest absolute Gasteiger partial charge is 0.497 e. The maximum Gasteiger partial charge on any atom is 0.121 e. The summed E-state index contributed by atoms with van der Waals surface area (Å²) in [6, 6.07) is 5.92. The maximum atomic E-state index is 6.11. The minimum atomic E-state index is 0.728. The van der Waals surface area contributed by atoms with Gasteiger partial charge in [0.1, 0.15) is 5.75 Å². The molecule has 0 radical (unpaired) electrons. The van der Waals surface area contributed by atoms with Crippen molar-refractivity contribution in [1.82, 2.24) is 0 Å². The van der Waals surface area contributed by atoms with Gasteiger partial charge in [-0.15, -0.1) is 0 Å². The molecule has 0 spiro atoms. The third kappa shape index (κ3) is 3.56. The number of nitrogen functional groups attached to an aromatic ring is 1. The average Bonchev–Trinajstić information content (AvgIpc) is 2.41. The first-order chi connectivity index (χ1) is 8.65. The Morgan fingerprint density at radius 3 is 2.33 bits per heavy atom. The summed E-state index contributed by atoms with van der Waals surface area (Å²) in [6.45, 7) is 8.72. The molecule has 0 bridgehead atoms. The molecule has 0 heterocycles. The minimum Gasteiger partial charge on any atom is -0.497 e. The van der Waals surface area contributed by atoms with Crippen molar-refractivity contribution in [3.05, 3.63) is 18.2 Å². The number of nitrogens with zero attached hydrogens (tertiary/aromatic N) is 1. The van der Waals surface area contributed by atoms with E-state index in [0.717, 1.165) is 36.1 Å². The molecule has 18 heavy (non-hydrogen) atoms. The zero-order valence-corrected chi connectivity index (χ0v) is 12.1. The topological polar surface area (TPSA) is 38.5 Å². The van der Waals surface area contributed by atoms with Crippen molar-refractivity contribution < 1.29 is 4.74 Å². The Morgan fingerprint density at radius 2 is 1.89 bits per heavy atom. The molecule has 1 aromatic rings. The fourth-order valence-electron chi connectivity index (χ4n) is 2.20. The Bertz CT molecular complexity index is 362. The second-order valence-corrected chi connectivity index (χ2v) is 4.65. The van der Waals surface area contributed by atoms with Crippen LogP contribution in [0.5, 0.6) is 5.75 Å². The van der Waals surface area contributed by atoms with Crippen molar-refractivity contribution in [3.63, 3.8) is 0 Å². The molecular formula is C15H26N2O. The first kappa shape index (κ1) is 14.7. The van der Waals surface area contributed by atoms with Gasteiger partial charge >= 0.3 is 0 Å². The van der Waals surface area contributed by atoms with Crippen LogP contribution in [0.2, 0.25) is 0 Å². The quantitative estimate of drug-likeness (QED) is 0.752. The van der Waals surface area contributed by atoms with Gasteiger partial charge in [0.25, 0.3) is 0 Å². The van der Waals surface area contributed by atoms with Gasteiger partial charge in [-0.2, -0.15) is 0 Å². The van der Waals surface area contributed by atoms with E-state index in [1.165, 1.54) is 12.8 Å². The van der Waals surface area contributed by atoms with Gasteiger partial charge in [-0.25, -0.2) is 0 Å². The highest BCUT2D eigenvalue weighted by molar-refractivity contribution is 5.69. The highest BCUT2D eigenvalue weighted by atomic mass is 16.5. The van der Waals surface area contributed by atoms with Crippen LogP contribution in [0.1, 0.15) is 33.6 Å². The molecule has 1 rings (SSSR count). The van der Waals surface area contributed by atoms with Crippen LogP contribution in [0, 0.1) is 5.92 Å². The molecule has 0 unspecified atom stereocenters. The summed E-state index contributed by atoms with van der Waals surface area (Å²) < 4.78 is 5.19. The van der Waals surface area contributed by atoms with Crippen molar-refractivity contribution in [3.8, 4) is 5.75 Å². The Kier molecular flexibility index (Phi) is 5.83. The predicted octanol–water partition coefficient (Wildman–Crippen LogP) is 3.54. The average molecular weight is 250 g/mol. The summed E-state index contributed by atoms with van der Waals surface area (Å²) in [5.41, 5.74) is 8.02. The third-order valence-corrected chi connectivity index (χ3v) is 3.59. The fraction of sp³-hybridized carbons (Fsp3) is 0.600. The van der Waals surface area contributed by atoms with Crippen LogP contribution in [0.25, 0.3) is 0 Å². The van der Waals surface area contributed by atoms with Gasteiger partial charge in [0.05, 0.1) is 18.5 Å². The van der Waals surface area contributed by atoms with Gasteiger partial charge in [0.2, 0.25) is 0 Å². The van der Waals surface area contributed by atoms with E-state index in [1.807, 2.05) is 12.1 Å². The van der Waals surface area contributed by atoms with Crippen LogP contribution < -0.4 is 15.4 Å². The number of methoxy groups -OCH3 is 1. The zero-order chi connectivity index (χ0) is 13.5. The molecule has 0 amide bonds. The summed E-state index contributed by atoms with van der Waals surface area (Å²) in [7, 11) is 1.66. The van der Waals surface area contributed by atoms with E-state index in [1.54, 1.807) is 7.11 Å². The molecule has 0 atom stereocenters. The van der Waals surface area contributed by atoms with E-state index >= 15 is 0 Å². The van der Waals surface area contributed by atoms with Crippen molar-refractivity contribution in [1.29, 1.82) is 0 Å². The Hall–Kier alpha value is -1.38. The lowest BCUT2D eigenvalue weighted by molar-refractivity contribution is 0.415. The Balaban J connectivity index is 2.87. The zero-order valence-electron chi connectivity index (χ0n) is 12.1. The van der Waals surface area contributed by atoms with Crippen LogP contribution in [0.3, 0.4) is 0 Å². The van der Waals surface area contributed by atoms with Gasteiger partial charge in [-0.1, -0.05) is 26.7 Å². The lowest BCUT2D eigenvalue weighted by atomic mass is 10.0. The van der Waals surface area contributed by atoms with Gasteiger partial charge in [-0.3, -0.25) is 0 Å². The molecule has 0 saturated carbocycles. The van der Waals surface area contributed by atoms with Crippen LogP contribution in [-0.2, 0) is 0 Å². The third-order valence-electron chi connectivity index (χ3n) is 3.59. The van der Waals surface area contributed by atoms with Crippen molar-refractivity contribution >= 4 is 11.4 Å². The monoisotopic (exact) mass is 250 g/mol. The van der Waals surface area contributed by atoms with Gasteiger partial charge in [0.15, 0.2) is 0 Å². The second kappa shape index (κ2) is 7.14. The molecule has 0 fully saturated rings. The Labute approximate surface area is 111 Å². The molecule has 0 aromatic heterocycles.